The van der Waals surface area contributed by atoms with Crippen LogP contribution in [0, 0.1) is 0 Å². The first-order chi connectivity index (χ1) is 13.5. The van der Waals surface area contributed by atoms with E-state index >= 15 is 0 Å². The molecule has 1 amide bonds. The van der Waals surface area contributed by atoms with E-state index in [1.807, 2.05) is 18.2 Å². The predicted octanol–water partition coefficient (Wildman–Crippen LogP) is 2.06. The Kier molecular flexibility index (Phi) is 4.77. The molecule has 1 saturated heterocycles. The van der Waals surface area contributed by atoms with Gasteiger partial charge < -0.3 is 9.84 Å². The van der Waals surface area contributed by atoms with Gasteiger partial charge in [0, 0.05) is 12.6 Å². The van der Waals surface area contributed by atoms with Crippen LogP contribution in [0.4, 0.5) is 5.69 Å². The lowest BCUT2D eigenvalue weighted by Crippen LogP contribution is -2.49. The van der Waals surface area contributed by atoms with Crippen molar-refractivity contribution in [3.05, 3.63) is 53.7 Å². The first kappa shape index (κ1) is 18.4. The highest BCUT2D eigenvalue weighted by atomic mass is 16.5. The summed E-state index contributed by atoms with van der Waals surface area (Å²) in [4.78, 5) is 32.9. The van der Waals surface area contributed by atoms with E-state index < -0.39 is 11.4 Å². The molecule has 2 aliphatic heterocycles. The van der Waals surface area contributed by atoms with Crippen LogP contribution in [-0.4, -0.2) is 53.6 Å². The number of likely N-dealkylation sites (tertiary alicyclic amines) is 1. The number of methoxy groups -OCH3 is 1. The number of pyridine rings is 1. The van der Waals surface area contributed by atoms with Gasteiger partial charge in [-0.05, 0) is 37.6 Å². The molecule has 2 aromatic rings. The molecule has 4 rings (SSSR count). The lowest BCUT2D eigenvalue weighted by molar-refractivity contribution is -0.137. The minimum atomic E-state index is -1.03. The third kappa shape index (κ3) is 3.11. The molecule has 1 N–H and O–H groups in total. The number of carboxylic acid groups (broad SMARTS) is 1. The van der Waals surface area contributed by atoms with Gasteiger partial charge in [-0.25, -0.2) is 4.98 Å². The molecular weight excluding hydrogens is 358 g/mol. The summed E-state index contributed by atoms with van der Waals surface area (Å²) in [6.45, 7) is 1.98. The summed E-state index contributed by atoms with van der Waals surface area (Å²) in [6, 6.07) is 13.7. The normalized spacial score (nSPS) is 18.3. The standard InChI is InChI=1S/C21H23N3O4/c1-28-17-8-7-16-19(22-17)21(20(27)24(16)14-18(25)26)9-11-23(12-10-21)13-15-5-3-2-4-6-15/h2-8H,9-14H2,1H3,(H,25,26). The van der Waals surface area contributed by atoms with Crippen LogP contribution in [0.2, 0.25) is 0 Å². The van der Waals surface area contributed by atoms with Crippen LogP contribution in [0.5, 0.6) is 5.88 Å². The molecule has 28 heavy (non-hydrogen) atoms. The average Bonchev–Trinajstić information content (AvgIpc) is 2.92. The van der Waals surface area contributed by atoms with E-state index in [4.69, 9.17) is 4.74 Å². The highest BCUT2D eigenvalue weighted by molar-refractivity contribution is 6.09. The molecule has 146 valence electrons. The largest absolute Gasteiger partial charge is 0.481 e. The zero-order chi connectivity index (χ0) is 19.7. The Morgan fingerprint density at radius 2 is 1.89 bits per heavy atom. The number of amides is 1. The monoisotopic (exact) mass is 381 g/mol. The number of benzene rings is 1. The Bertz CT molecular complexity index is 892. The Balaban J connectivity index is 1.60. The minimum absolute atomic E-state index is 0.162. The number of carbonyl (C=O) groups is 2. The van der Waals surface area contributed by atoms with Gasteiger partial charge in [0.15, 0.2) is 0 Å². The number of carboxylic acids is 1. The molecule has 2 aliphatic rings. The van der Waals surface area contributed by atoms with E-state index in [9.17, 15) is 14.7 Å². The lowest BCUT2D eigenvalue weighted by Gasteiger charge is -2.37. The Morgan fingerprint density at radius 1 is 1.18 bits per heavy atom. The van der Waals surface area contributed by atoms with Crippen molar-refractivity contribution in [1.29, 1.82) is 0 Å². The van der Waals surface area contributed by atoms with Crippen LogP contribution < -0.4 is 9.64 Å². The quantitative estimate of drug-likeness (QED) is 0.854. The van der Waals surface area contributed by atoms with Crippen molar-refractivity contribution in [2.24, 2.45) is 0 Å². The molecule has 0 saturated carbocycles. The van der Waals surface area contributed by atoms with E-state index in [2.05, 4.69) is 22.0 Å². The number of hydrogen-bond acceptors (Lipinski definition) is 5. The average molecular weight is 381 g/mol. The maximum Gasteiger partial charge on any atom is 0.323 e. The molecule has 0 unspecified atom stereocenters. The number of aromatic nitrogens is 1. The van der Waals surface area contributed by atoms with Gasteiger partial charge in [0.1, 0.15) is 6.54 Å². The van der Waals surface area contributed by atoms with Crippen LogP contribution in [0.3, 0.4) is 0 Å². The molecule has 7 heteroatoms. The topological polar surface area (TPSA) is 83.0 Å². The molecule has 1 aromatic carbocycles. The van der Waals surface area contributed by atoms with Crippen molar-refractivity contribution >= 4 is 17.6 Å². The van der Waals surface area contributed by atoms with E-state index in [0.717, 1.165) is 19.6 Å². The van der Waals surface area contributed by atoms with Gasteiger partial charge >= 0.3 is 5.97 Å². The van der Waals surface area contributed by atoms with E-state index in [0.29, 0.717) is 30.1 Å². The number of anilines is 1. The predicted molar refractivity (Wildman–Crippen MR) is 103 cm³/mol. The zero-order valence-corrected chi connectivity index (χ0v) is 15.8. The molecule has 0 aliphatic carbocycles. The van der Waals surface area contributed by atoms with Gasteiger partial charge in [-0.1, -0.05) is 30.3 Å². The number of rotatable bonds is 5. The van der Waals surface area contributed by atoms with Crippen molar-refractivity contribution in [2.45, 2.75) is 24.8 Å². The second-order valence-corrected chi connectivity index (χ2v) is 7.35. The fourth-order valence-electron chi connectivity index (χ4n) is 4.26. The molecule has 0 bridgehead atoms. The minimum Gasteiger partial charge on any atom is -0.481 e. The molecule has 1 spiro atoms. The van der Waals surface area contributed by atoms with Crippen LogP contribution in [0.25, 0.3) is 0 Å². The van der Waals surface area contributed by atoms with Crippen LogP contribution in [0.15, 0.2) is 42.5 Å². The Morgan fingerprint density at radius 3 is 2.54 bits per heavy atom. The summed E-state index contributed by atoms with van der Waals surface area (Å²) < 4.78 is 5.26. The van der Waals surface area contributed by atoms with Crippen molar-refractivity contribution in [3.63, 3.8) is 0 Å². The Hall–Kier alpha value is -2.93. The second-order valence-electron chi connectivity index (χ2n) is 7.35. The fourth-order valence-corrected chi connectivity index (χ4v) is 4.26. The summed E-state index contributed by atoms with van der Waals surface area (Å²) in [5.74, 6) is -0.756. The van der Waals surface area contributed by atoms with Gasteiger partial charge in [0.05, 0.1) is 23.9 Å². The highest BCUT2D eigenvalue weighted by Gasteiger charge is 2.53. The van der Waals surface area contributed by atoms with Gasteiger partial charge in [0.25, 0.3) is 0 Å². The summed E-state index contributed by atoms with van der Waals surface area (Å²) in [5, 5.41) is 9.26. The van der Waals surface area contributed by atoms with Gasteiger partial charge in [-0.15, -0.1) is 0 Å². The van der Waals surface area contributed by atoms with Gasteiger partial charge in [-0.3, -0.25) is 19.4 Å². The van der Waals surface area contributed by atoms with Crippen molar-refractivity contribution < 1.29 is 19.4 Å². The van der Waals surface area contributed by atoms with Crippen LogP contribution in [0.1, 0.15) is 24.1 Å². The van der Waals surface area contributed by atoms with Gasteiger partial charge in [-0.2, -0.15) is 0 Å². The number of hydrogen-bond donors (Lipinski definition) is 1. The SMILES string of the molecule is COc1ccc2c(n1)C1(CCN(Cc3ccccc3)CC1)C(=O)N2CC(=O)O. The molecule has 1 fully saturated rings. The fraction of sp³-hybridized carbons (Fsp3) is 0.381. The number of carbonyl (C=O) groups excluding carboxylic acids is 1. The Labute approximate surface area is 163 Å². The summed E-state index contributed by atoms with van der Waals surface area (Å²) >= 11 is 0. The third-order valence-corrected chi connectivity index (χ3v) is 5.71. The van der Waals surface area contributed by atoms with Crippen molar-refractivity contribution in [1.82, 2.24) is 9.88 Å². The maximum atomic E-state index is 13.3. The number of nitrogens with zero attached hydrogens (tertiary/aromatic N) is 3. The van der Waals surface area contributed by atoms with Gasteiger partial charge in [0.2, 0.25) is 11.8 Å². The van der Waals surface area contributed by atoms with Crippen molar-refractivity contribution in [2.75, 3.05) is 31.6 Å². The number of aliphatic carboxylic acids is 1. The molecule has 0 radical (unpaired) electrons. The second kappa shape index (κ2) is 7.24. The van der Waals surface area contributed by atoms with E-state index in [1.165, 1.54) is 17.6 Å². The maximum absolute atomic E-state index is 13.3. The number of fused-ring (bicyclic) bond motifs is 2. The lowest BCUT2D eigenvalue weighted by atomic mass is 9.76. The smallest absolute Gasteiger partial charge is 0.323 e. The summed E-state index contributed by atoms with van der Waals surface area (Å²) in [7, 11) is 1.54. The van der Waals surface area contributed by atoms with E-state index in [1.54, 1.807) is 12.1 Å². The molecule has 0 atom stereocenters. The summed E-state index contributed by atoms with van der Waals surface area (Å²) in [5.41, 5.74) is 1.71. The highest BCUT2D eigenvalue weighted by Crippen LogP contribution is 2.47. The molecule has 1 aromatic heterocycles. The number of piperidine rings is 1. The van der Waals surface area contributed by atoms with Crippen LogP contribution >= 0.6 is 0 Å². The van der Waals surface area contributed by atoms with E-state index in [-0.39, 0.29) is 12.5 Å². The number of ether oxygens (including phenoxy) is 1. The first-order valence-corrected chi connectivity index (χ1v) is 9.39. The molecule has 3 heterocycles. The van der Waals surface area contributed by atoms with Crippen LogP contribution in [-0.2, 0) is 21.5 Å². The summed E-state index contributed by atoms with van der Waals surface area (Å²) in [6.07, 6.45) is 1.23. The zero-order valence-electron chi connectivity index (χ0n) is 15.8. The molecule has 7 nitrogen and oxygen atoms in total. The molecular formula is C21H23N3O4. The van der Waals surface area contributed by atoms with Crippen molar-refractivity contribution in [3.8, 4) is 5.88 Å². The first-order valence-electron chi connectivity index (χ1n) is 9.39. The third-order valence-electron chi connectivity index (χ3n) is 5.71.